The minimum Gasteiger partial charge on any atom is -0.462 e. The van der Waals surface area contributed by atoms with E-state index in [0.29, 0.717) is 13.2 Å². The summed E-state index contributed by atoms with van der Waals surface area (Å²) in [5.41, 5.74) is 2.25. The van der Waals surface area contributed by atoms with Crippen molar-refractivity contribution in [3.05, 3.63) is 35.4 Å². The van der Waals surface area contributed by atoms with Crippen molar-refractivity contribution in [2.75, 3.05) is 13.7 Å². The largest absolute Gasteiger partial charge is 0.462 e. The highest BCUT2D eigenvalue weighted by atomic mass is 16.5. The lowest BCUT2D eigenvalue weighted by Gasteiger charge is -2.09. The Hall–Kier alpha value is -1.39. The molecule has 1 aromatic carbocycles. The van der Waals surface area contributed by atoms with Crippen molar-refractivity contribution in [3.8, 4) is 0 Å². The highest BCUT2D eigenvalue weighted by Gasteiger charge is 2.04. The smallest absolute Gasteiger partial charge is 0.320 e. The second kappa shape index (κ2) is 7.84. The highest BCUT2D eigenvalue weighted by Crippen LogP contribution is 2.06. The van der Waals surface area contributed by atoms with E-state index in [0.717, 1.165) is 11.1 Å². The van der Waals surface area contributed by atoms with Crippen LogP contribution in [0.3, 0.4) is 0 Å². The predicted octanol–water partition coefficient (Wildman–Crippen LogP) is 1.87. The predicted molar refractivity (Wildman–Crippen MR) is 70.1 cm³/mol. The summed E-state index contributed by atoms with van der Waals surface area (Å²) in [5, 5.41) is 3.06. The van der Waals surface area contributed by atoms with E-state index in [4.69, 9.17) is 9.47 Å². The van der Waals surface area contributed by atoms with E-state index in [-0.39, 0.29) is 18.6 Å². The lowest BCUT2D eigenvalue weighted by atomic mass is 10.1. The van der Waals surface area contributed by atoms with E-state index in [2.05, 4.69) is 11.4 Å². The Balaban J connectivity index is 2.34. The molecule has 100 valence electrons. The Kier molecular flexibility index (Phi) is 6.39. The summed E-state index contributed by atoms with van der Waals surface area (Å²) in [5.74, 6) is -0.224. The lowest BCUT2D eigenvalue weighted by Crippen LogP contribution is -2.26. The van der Waals surface area contributed by atoms with Crippen LogP contribution in [-0.2, 0) is 27.4 Å². The molecular formula is C14H21NO3. The van der Waals surface area contributed by atoms with Crippen LogP contribution in [0.15, 0.2) is 24.3 Å². The molecule has 0 radical (unpaired) electrons. The number of hydrogen-bond donors (Lipinski definition) is 1. The molecule has 4 heteroatoms. The van der Waals surface area contributed by atoms with Gasteiger partial charge in [-0.15, -0.1) is 0 Å². The van der Waals surface area contributed by atoms with Gasteiger partial charge in [0.2, 0.25) is 0 Å². The zero-order valence-electron chi connectivity index (χ0n) is 11.2. The quantitative estimate of drug-likeness (QED) is 0.752. The molecule has 0 amide bonds. The summed E-state index contributed by atoms with van der Waals surface area (Å²) < 4.78 is 10.1. The summed E-state index contributed by atoms with van der Waals surface area (Å²) in [6.07, 6.45) is -0.0654. The molecule has 0 aliphatic carbocycles. The Morgan fingerprint density at radius 3 is 2.72 bits per heavy atom. The molecule has 18 heavy (non-hydrogen) atoms. The van der Waals surface area contributed by atoms with Crippen LogP contribution in [0.5, 0.6) is 0 Å². The van der Waals surface area contributed by atoms with Gasteiger partial charge in [-0.3, -0.25) is 4.79 Å². The molecule has 0 heterocycles. The number of methoxy groups -OCH3 is 1. The van der Waals surface area contributed by atoms with Crippen molar-refractivity contribution in [3.63, 3.8) is 0 Å². The number of ether oxygens (including phenoxy) is 2. The van der Waals surface area contributed by atoms with Gasteiger partial charge in [-0.1, -0.05) is 24.3 Å². The number of rotatable bonds is 7. The lowest BCUT2D eigenvalue weighted by molar-refractivity contribution is -0.146. The minimum atomic E-state index is -0.224. The van der Waals surface area contributed by atoms with Gasteiger partial charge in [-0.2, -0.15) is 0 Å². The highest BCUT2D eigenvalue weighted by molar-refractivity contribution is 5.71. The Morgan fingerprint density at radius 2 is 2.06 bits per heavy atom. The van der Waals surface area contributed by atoms with Gasteiger partial charge in [0.15, 0.2) is 0 Å². The Labute approximate surface area is 108 Å². The average molecular weight is 251 g/mol. The Bertz CT molecular complexity index is 377. The van der Waals surface area contributed by atoms with Gasteiger partial charge in [0.25, 0.3) is 0 Å². The molecule has 1 aromatic rings. The number of esters is 1. The van der Waals surface area contributed by atoms with Gasteiger partial charge >= 0.3 is 5.97 Å². The number of carbonyl (C=O) groups is 1. The molecule has 0 fully saturated rings. The Morgan fingerprint density at radius 1 is 1.33 bits per heavy atom. The fourth-order valence-corrected chi connectivity index (χ4v) is 1.61. The van der Waals surface area contributed by atoms with E-state index >= 15 is 0 Å². The molecule has 0 saturated heterocycles. The molecule has 0 aliphatic heterocycles. The normalized spacial score (nSPS) is 10.7. The van der Waals surface area contributed by atoms with Gasteiger partial charge in [-0.05, 0) is 25.0 Å². The van der Waals surface area contributed by atoms with Crippen LogP contribution in [-0.4, -0.2) is 25.7 Å². The third-order valence-corrected chi connectivity index (χ3v) is 2.27. The van der Waals surface area contributed by atoms with Crippen molar-refractivity contribution in [2.45, 2.75) is 33.1 Å². The molecule has 0 aromatic heterocycles. The molecule has 0 unspecified atom stereocenters. The number of benzene rings is 1. The zero-order chi connectivity index (χ0) is 13.4. The maximum Gasteiger partial charge on any atom is 0.320 e. The number of hydrogen-bond acceptors (Lipinski definition) is 4. The molecule has 0 atom stereocenters. The first kappa shape index (κ1) is 14.7. The van der Waals surface area contributed by atoms with Crippen LogP contribution >= 0.6 is 0 Å². The summed E-state index contributed by atoms with van der Waals surface area (Å²) in [6.45, 7) is 5.15. The van der Waals surface area contributed by atoms with Gasteiger partial charge < -0.3 is 14.8 Å². The summed E-state index contributed by atoms with van der Waals surface area (Å²) >= 11 is 0. The molecule has 4 nitrogen and oxygen atoms in total. The fraction of sp³-hybridized carbons (Fsp3) is 0.500. The summed E-state index contributed by atoms with van der Waals surface area (Å²) in [4.78, 5) is 11.3. The summed E-state index contributed by atoms with van der Waals surface area (Å²) in [6, 6.07) is 8.07. The molecular weight excluding hydrogens is 230 g/mol. The average Bonchev–Trinajstić information content (AvgIpc) is 2.29. The molecule has 1 N–H and O–H groups in total. The molecule has 1 rings (SSSR count). The van der Waals surface area contributed by atoms with Crippen LogP contribution in [0.2, 0.25) is 0 Å². The van der Waals surface area contributed by atoms with Crippen molar-refractivity contribution < 1.29 is 14.3 Å². The van der Waals surface area contributed by atoms with Crippen molar-refractivity contribution >= 4 is 5.97 Å². The van der Waals surface area contributed by atoms with Crippen molar-refractivity contribution in [1.82, 2.24) is 5.32 Å². The molecule has 0 bridgehead atoms. The minimum absolute atomic E-state index is 0.0654. The van der Waals surface area contributed by atoms with Crippen LogP contribution in [0.1, 0.15) is 25.0 Å². The number of carbonyl (C=O) groups excluding carboxylic acids is 1. The SMILES string of the molecule is COCc1cccc(CNCC(=O)OC(C)C)c1. The second-order valence-corrected chi connectivity index (χ2v) is 4.40. The van der Waals surface area contributed by atoms with E-state index in [1.165, 1.54) is 0 Å². The third-order valence-electron chi connectivity index (χ3n) is 2.27. The van der Waals surface area contributed by atoms with Crippen LogP contribution in [0.25, 0.3) is 0 Å². The maximum absolute atomic E-state index is 11.3. The zero-order valence-corrected chi connectivity index (χ0v) is 11.2. The van der Waals surface area contributed by atoms with Gasteiger partial charge in [0, 0.05) is 13.7 Å². The van der Waals surface area contributed by atoms with Crippen LogP contribution in [0.4, 0.5) is 0 Å². The fourth-order valence-electron chi connectivity index (χ4n) is 1.61. The van der Waals surface area contributed by atoms with Gasteiger partial charge in [0.05, 0.1) is 19.3 Å². The molecule has 0 aliphatic rings. The first-order valence-electron chi connectivity index (χ1n) is 6.08. The van der Waals surface area contributed by atoms with Crippen molar-refractivity contribution in [2.24, 2.45) is 0 Å². The van der Waals surface area contributed by atoms with Crippen LogP contribution < -0.4 is 5.32 Å². The van der Waals surface area contributed by atoms with Gasteiger partial charge in [-0.25, -0.2) is 0 Å². The van der Waals surface area contributed by atoms with E-state index in [1.54, 1.807) is 7.11 Å². The van der Waals surface area contributed by atoms with Crippen molar-refractivity contribution in [1.29, 1.82) is 0 Å². The van der Waals surface area contributed by atoms with Crippen LogP contribution in [0, 0.1) is 0 Å². The second-order valence-electron chi connectivity index (χ2n) is 4.40. The first-order chi connectivity index (χ1) is 8.61. The van der Waals surface area contributed by atoms with Gasteiger partial charge in [0.1, 0.15) is 0 Å². The summed E-state index contributed by atoms with van der Waals surface area (Å²) in [7, 11) is 1.67. The molecule has 0 spiro atoms. The molecule has 0 saturated carbocycles. The number of nitrogens with one attached hydrogen (secondary N) is 1. The van der Waals surface area contributed by atoms with E-state index in [1.807, 2.05) is 32.0 Å². The standard InChI is InChI=1S/C14H21NO3/c1-11(2)18-14(16)9-15-8-12-5-4-6-13(7-12)10-17-3/h4-7,11,15H,8-10H2,1-3H3. The van der Waals surface area contributed by atoms with E-state index in [9.17, 15) is 4.79 Å². The maximum atomic E-state index is 11.3. The first-order valence-corrected chi connectivity index (χ1v) is 6.08. The topological polar surface area (TPSA) is 47.6 Å². The third kappa shape index (κ3) is 5.80. The monoisotopic (exact) mass is 251 g/mol. The van der Waals surface area contributed by atoms with E-state index < -0.39 is 0 Å².